The van der Waals surface area contributed by atoms with E-state index in [1.165, 1.54) is 5.56 Å². The maximum atomic E-state index is 12.9. The molecule has 1 saturated heterocycles. The van der Waals surface area contributed by atoms with E-state index < -0.39 is 0 Å². The first kappa shape index (κ1) is 18.2. The highest BCUT2D eigenvalue weighted by atomic mass is 16.1. The Morgan fingerprint density at radius 1 is 1.24 bits per heavy atom. The third-order valence-electron chi connectivity index (χ3n) is 6.22. The van der Waals surface area contributed by atoms with Crippen LogP contribution < -0.4 is 5.56 Å². The Labute approximate surface area is 170 Å². The minimum absolute atomic E-state index is 0.0350. The number of hydrogen-bond acceptors (Lipinski definition) is 4. The fourth-order valence-corrected chi connectivity index (χ4v) is 4.50. The Hall–Kier alpha value is -2.86. The van der Waals surface area contributed by atoms with Gasteiger partial charge in [0.15, 0.2) is 12.4 Å². The van der Waals surface area contributed by atoms with E-state index in [1.807, 2.05) is 37.7 Å². The molecule has 3 aliphatic rings. The van der Waals surface area contributed by atoms with Gasteiger partial charge in [0.1, 0.15) is 11.4 Å². The predicted molar refractivity (Wildman–Crippen MR) is 116 cm³/mol. The Balaban J connectivity index is 1.46. The number of likely N-dealkylation sites (tertiary alicyclic amines) is 1. The van der Waals surface area contributed by atoms with Crippen molar-refractivity contribution >= 4 is 23.1 Å². The molecular formula is C23H26N5O+. The number of rotatable bonds is 3. The molecular weight excluding hydrogens is 362 g/mol. The normalized spacial score (nSPS) is 22.4. The van der Waals surface area contributed by atoms with Crippen molar-refractivity contribution in [2.24, 2.45) is 4.99 Å². The molecule has 0 radical (unpaired) electrons. The van der Waals surface area contributed by atoms with Crippen molar-refractivity contribution in [1.82, 2.24) is 14.3 Å². The average molecular weight is 388 g/mol. The van der Waals surface area contributed by atoms with Crippen LogP contribution in [0.2, 0.25) is 0 Å². The number of allylic oxidation sites excluding steroid dienone is 2. The van der Waals surface area contributed by atoms with Crippen LogP contribution in [0, 0.1) is 0 Å². The van der Waals surface area contributed by atoms with E-state index in [0.29, 0.717) is 17.3 Å². The molecule has 2 aromatic heterocycles. The molecule has 0 aliphatic carbocycles. The lowest BCUT2D eigenvalue weighted by Crippen LogP contribution is -2.32. The topological polar surface area (TPSA) is 53.0 Å². The molecule has 1 atom stereocenters. The summed E-state index contributed by atoms with van der Waals surface area (Å²) in [5.74, 6) is 0.517. The highest BCUT2D eigenvalue weighted by molar-refractivity contribution is 6.28. The molecule has 3 aliphatic heterocycles. The average Bonchev–Trinajstić information content (AvgIpc) is 3.12. The van der Waals surface area contributed by atoms with E-state index in [1.54, 1.807) is 10.5 Å². The van der Waals surface area contributed by atoms with Gasteiger partial charge >= 0.3 is 0 Å². The number of pyridine rings is 1. The monoisotopic (exact) mass is 388 g/mol. The van der Waals surface area contributed by atoms with Crippen LogP contribution in [0.4, 0.5) is 0 Å². The fourth-order valence-electron chi connectivity index (χ4n) is 4.50. The van der Waals surface area contributed by atoms with E-state index in [0.717, 1.165) is 43.8 Å². The van der Waals surface area contributed by atoms with Crippen molar-refractivity contribution in [3.05, 3.63) is 64.4 Å². The summed E-state index contributed by atoms with van der Waals surface area (Å²) in [7, 11) is 0. The standard InChI is InChI=1S/C23H26N5O/c1-3-26-9-6-17(7-10-26)19-4-5-21-25-20(13-23(29)28(21)15-19)18-8-11-27-14-16(2)24-22(27)12-18/h4-5,8,11-15,17,22H,3,6-7,9-10H2,1-2H3/q+1. The van der Waals surface area contributed by atoms with Crippen LogP contribution in [0.25, 0.3) is 11.2 Å². The van der Waals surface area contributed by atoms with Gasteiger partial charge in [0, 0.05) is 30.0 Å². The van der Waals surface area contributed by atoms with Crippen LogP contribution in [0.5, 0.6) is 0 Å². The zero-order chi connectivity index (χ0) is 20.0. The van der Waals surface area contributed by atoms with Crippen molar-refractivity contribution in [2.45, 2.75) is 38.8 Å². The summed E-state index contributed by atoms with van der Waals surface area (Å²) in [5.41, 5.74) is 4.54. The summed E-state index contributed by atoms with van der Waals surface area (Å²) < 4.78 is 3.75. The minimum Gasteiger partial charge on any atom is -0.304 e. The van der Waals surface area contributed by atoms with Gasteiger partial charge < -0.3 is 4.90 Å². The van der Waals surface area contributed by atoms with Gasteiger partial charge in [-0.25, -0.2) is 9.98 Å². The van der Waals surface area contributed by atoms with Gasteiger partial charge in [0.25, 0.3) is 11.7 Å². The Bertz CT molecular complexity index is 1150. The summed E-state index contributed by atoms with van der Waals surface area (Å²) in [5, 5.41) is 0. The lowest BCUT2D eigenvalue weighted by atomic mass is 9.90. The Kier molecular flexibility index (Phi) is 4.51. The maximum absolute atomic E-state index is 12.9. The highest BCUT2D eigenvalue weighted by Crippen LogP contribution is 2.28. The van der Waals surface area contributed by atoms with Crippen LogP contribution in [0.1, 0.15) is 43.9 Å². The molecule has 0 spiro atoms. The molecule has 0 saturated carbocycles. The van der Waals surface area contributed by atoms with Crippen LogP contribution in [0.3, 0.4) is 0 Å². The quantitative estimate of drug-likeness (QED) is 0.760. The van der Waals surface area contributed by atoms with Crippen molar-refractivity contribution in [3.8, 4) is 0 Å². The van der Waals surface area contributed by atoms with Gasteiger partial charge in [0.2, 0.25) is 0 Å². The molecule has 0 N–H and O–H groups in total. The SMILES string of the molecule is CCN1CCC(c2ccc3nc(C4=CC5N=C(C)C=[N+]5C=C4)cc(=O)n3c2)CC1. The van der Waals surface area contributed by atoms with E-state index in [9.17, 15) is 4.79 Å². The van der Waals surface area contributed by atoms with Crippen LogP contribution in [-0.4, -0.2) is 56.6 Å². The highest BCUT2D eigenvalue weighted by Gasteiger charge is 2.26. The number of nitrogens with zero attached hydrogens (tertiary/aromatic N) is 5. The molecule has 5 rings (SSSR count). The summed E-state index contributed by atoms with van der Waals surface area (Å²) in [4.78, 5) is 24.7. The van der Waals surface area contributed by atoms with Crippen LogP contribution in [0.15, 0.2) is 52.5 Å². The number of aliphatic imine (C=N–C) groups is 1. The van der Waals surface area contributed by atoms with Gasteiger partial charge in [-0.05, 0) is 56.9 Å². The fraction of sp³-hybridized carbons (Fsp3) is 0.391. The van der Waals surface area contributed by atoms with E-state index in [2.05, 4.69) is 33.5 Å². The van der Waals surface area contributed by atoms with Crippen LogP contribution in [-0.2, 0) is 0 Å². The Morgan fingerprint density at radius 3 is 2.86 bits per heavy atom. The Morgan fingerprint density at radius 2 is 2.07 bits per heavy atom. The molecule has 29 heavy (non-hydrogen) atoms. The maximum Gasteiger partial charge on any atom is 0.271 e. The number of aromatic nitrogens is 2. The molecule has 1 unspecified atom stereocenters. The summed E-state index contributed by atoms with van der Waals surface area (Å²) in [6, 6.07) is 5.76. The molecule has 2 aromatic rings. The molecule has 148 valence electrons. The van der Waals surface area contributed by atoms with Gasteiger partial charge in [0.05, 0.1) is 5.69 Å². The first-order valence-corrected chi connectivity index (χ1v) is 10.4. The molecule has 0 amide bonds. The smallest absolute Gasteiger partial charge is 0.271 e. The second-order valence-electron chi connectivity index (χ2n) is 8.08. The van der Waals surface area contributed by atoms with Crippen molar-refractivity contribution in [2.75, 3.05) is 19.6 Å². The largest absolute Gasteiger partial charge is 0.304 e. The molecule has 6 nitrogen and oxygen atoms in total. The van der Waals surface area contributed by atoms with Crippen molar-refractivity contribution < 1.29 is 4.58 Å². The van der Waals surface area contributed by atoms with Gasteiger partial charge in [-0.2, -0.15) is 4.58 Å². The van der Waals surface area contributed by atoms with E-state index in [-0.39, 0.29) is 11.7 Å². The minimum atomic E-state index is -0.0355. The second kappa shape index (κ2) is 7.19. The first-order chi connectivity index (χ1) is 14.1. The van der Waals surface area contributed by atoms with Gasteiger partial charge in [-0.1, -0.05) is 13.0 Å². The number of piperidine rings is 1. The lowest BCUT2D eigenvalue weighted by Gasteiger charge is -2.31. The van der Waals surface area contributed by atoms with Crippen molar-refractivity contribution in [1.29, 1.82) is 0 Å². The molecule has 1 fully saturated rings. The zero-order valence-electron chi connectivity index (χ0n) is 17.0. The summed E-state index contributed by atoms with van der Waals surface area (Å²) >= 11 is 0. The van der Waals surface area contributed by atoms with E-state index in [4.69, 9.17) is 4.98 Å². The molecule has 6 heteroatoms. The summed E-state index contributed by atoms with van der Waals surface area (Å²) in [6.07, 6.45) is 12.3. The van der Waals surface area contributed by atoms with E-state index >= 15 is 0 Å². The number of hydrogen-bond donors (Lipinski definition) is 0. The third kappa shape index (κ3) is 3.38. The predicted octanol–water partition coefficient (Wildman–Crippen LogP) is 2.69. The summed E-state index contributed by atoms with van der Waals surface area (Å²) in [6.45, 7) is 7.57. The van der Waals surface area contributed by atoms with Gasteiger partial charge in [-0.3, -0.25) is 9.20 Å². The number of fused-ring (bicyclic) bond motifs is 2. The molecule has 5 heterocycles. The zero-order valence-corrected chi connectivity index (χ0v) is 17.0. The van der Waals surface area contributed by atoms with Gasteiger partial charge in [-0.15, -0.1) is 0 Å². The molecule has 0 bridgehead atoms. The third-order valence-corrected chi connectivity index (χ3v) is 6.22. The second-order valence-corrected chi connectivity index (χ2v) is 8.08. The first-order valence-electron chi connectivity index (χ1n) is 10.4. The lowest BCUT2D eigenvalue weighted by molar-refractivity contribution is -0.475. The molecule has 0 aromatic carbocycles. The van der Waals surface area contributed by atoms with Crippen LogP contribution >= 0.6 is 0 Å². The van der Waals surface area contributed by atoms with Crippen molar-refractivity contribution in [3.63, 3.8) is 0 Å².